The number of hydrogen-bond donors (Lipinski definition) is 1. The summed E-state index contributed by atoms with van der Waals surface area (Å²) in [5, 5.41) is 7.57. The van der Waals surface area contributed by atoms with Gasteiger partial charge in [0.25, 0.3) is 0 Å². The SMILES string of the molecule is C1=CCC=C1.C1=CCC=C1.CCO.[H-].[H-].[Mg+2]. The minimum Gasteiger partial charge on any atom is -1.00 e. The quantitative estimate of drug-likeness (QED) is 0.602. The fraction of sp³-hybridized carbons (Fsp3) is 0.333. The van der Waals surface area contributed by atoms with Gasteiger partial charge in [-0.15, -0.1) is 0 Å². The molecule has 0 aromatic rings. The van der Waals surface area contributed by atoms with Crippen LogP contribution in [-0.4, -0.2) is 34.8 Å². The zero-order chi connectivity index (χ0) is 9.78. The smallest absolute Gasteiger partial charge is 1.00 e. The summed E-state index contributed by atoms with van der Waals surface area (Å²) in [4.78, 5) is 0. The Kier molecular flexibility index (Phi) is 17.5. The maximum absolute atomic E-state index is 7.57. The molecule has 0 fully saturated rings. The molecule has 0 aliphatic heterocycles. The van der Waals surface area contributed by atoms with Crippen molar-refractivity contribution in [3.8, 4) is 0 Å². The topological polar surface area (TPSA) is 20.2 Å². The van der Waals surface area contributed by atoms with E-state index in [1.165, 1.54) is 0 Å². The van der Waals surface area contributed by atoms with E-state index in [1.807, 2.05) is 0 Å². The van der Waals surface area contributed by atoms with Crippen LogP contribution in [0.4, 0.5) is 0 Å². The van der Waals surface area contributed by atoms with Crippen LogP contribution in [0.15, 0.2) is 48.6 Å². The third-order valence-electron chi connectivity index (χ3n) is 1.31. The molecule has 1 N–H and O–H groups in total. The van der Waals surface area contributed by atoms with Gasteiger partial charge in [-0.1, -0.05) is 48.6 Å². The average molecular weight is 205 g/mol. The van der Waals surface area contributed by atoms with Crippen molar-refractivity contribution in [1.82, 2.24) is 0 Å². The summed E-state index contributed by atoms with van der Waals surface area (Å²) >= 11 is 0. The Morgan fingerprint density at radius 1 is 0.929 bits per heavy atom. The minimum atomic E-state index is 0. The number of aliphatic hydroxyl groups is 1. The van der Waals surface area contributed by atoms with Gasteiger partial charge in [0.1, 0.15) is 0 Å². The van der Waals surface area contributed by atoms with E-state index in [2.05, 4.69) is 48.6 Å². The van der Waals surface area contributed by atoms with Gasteiger partial charge in [0.05, 0.1) is 0 Å². The minimum absolute atomic E-state index is 0. The van der Waals surface area contributed by atoms with Crippen LogP contribution in [0.3, 0.4) is 0 Å². The summed E-state index contributed by atoms with van der Waals surface area (Å²) in [5.41, 5.74) is 0. The summed E-state index contributed by atoms with van der Waals surface area (Å²) in [7, 11) is 0. The molecular weight excluding hydrogens is 184 g/mol. The van der Waals surface area contributed by atoms with E-state index < -0.39 is 0 Å². The van der Waals surface area contributed by atoms with Gasteiger partial charge in [-0.3, -0.25) is 0 Å². The molecule has 0 aromatic carbocycles. The van der Waals surface area contributed by atoms with E-state index in [0.717, 1.165) is 12.8 Å². The average Bonchev–Trinajstić information content (AvgIpc) is 2.85. The molecule has 2 heteroatoms. The van der Waals surface area contributed by atoms with E-state index in [-0.39, 0.29) is 32.5 Å². The van der Waals surface area contributed by atoms with Gasteiger partial charge in [0.15, 0.2) is 0 Å². The monoisotopic (exact) mass is 204 g/mol. The molecule has 14 heavy (non-hydrogen) atoms. The normalized spacial score (nSPS) is 13.9. The molecule has 2 aliphatic carbocycles. The van der Waals surface area contributed by atoms with E-state index in [0.29, 0.717) is 0 Å². The second-order valence-electron chi connectivity index (χ2n) is 2.50. The van der Waals surface area contributed by atoms with Crippen LogP contribution in [0.2, 0.25) is 0 Å². The van der Waals surface area contributed by atoms with Gasteiger partial charge in [0.2, 0.25) is 0 Å². The Morgan fingerprint density at radius 2 is 1.14 bits per heavy atom. The molecule has 0 spiro atoms. The van der Waals surface area contributed by atoms with E-state index in [9.17, 15) is 0 Å². The number of aliphatic hydroxyl groups excluding tert-OH is 1. The zero-order valence-electron chi connectivity index (χ0n) is 10.9. The van der Waals surface area contributed by atoms with Crippen molar-refractivity contribution in [2.24, 2.45) is 0 Å². The molecule has 76 valence electrons. The number of allylic oxidation sites excluding steroid dienone is 8. The standard InChI is InChI=1S/2C5H6.C2H6O.Mg.2H/c2*1-2-4-5-3-1;1-2-3;;;/h2*1-4H,5H2;3H,2H2,1H3;;;/q;;;+2;2*-1. The summed E-state index contributed by atoms with van der Waals surface area (Å²) in [5.74, 6) is 0. The predicted molar refractivity (Wildman–Crippen MR) is 66.5 cm³/mol. The van der Waals surface area contributed by atoms with Crippen molar-refractivity contribution < 1.29 is 7.96 Å². The Bertz CT molecular complexity index is 169. The van der Waals surface area contributed by atoms with Crippen LogP contribution < -0.4 is 0 Å². The molecule has 0 amide bonds. The van der Waals surface area contributed by atoms with E-state index in [4.69, 9.17) is 5.11 Å². The first-order valence-corrected chi connectivity index (χ1v) is 4.66. The van der Waals surface area contributed by atoms with Crippen molar-refractivity contribution in [2.75, 3.05) is 6.61 Å². The molecule has 0 unspecified atom stereocenters. The molecule has 0 radical (unpaired) electrons. The van der Waals surface area contributed by atoms with Gasteiger partial charge in [-0.25, -0.2) is 0 Å². The molecular formula is C12H20MgO. The van der Waals surface area contributed by atoms with Crippen LogP contribution >= 0.6 is 0 Å². The zero-order valence-corrected chi connectivity index (χ0v) is 10.3. The molecule has 0 aromatic heterocycles. The molecule has 1 nitrogen and oxygen atoms in total. The number of hydrogen-bond acceptors (Lipinski definition) is 1. The maximum atomic E-state index is 7.57. The Morgan fingerprint density at radius 3 is 1.21 bits per heavy atom. The van der Waals surface area contributed by atoms with Crippen LogP contribution in [0, 0.1) is 0 Å². The van der Waals surface area contributed by atoms with Gasteiger partial charge in [0, 0.05) is 6.61 Å². The van der Waals surface area contributed by atoms with Crippen LogP contribution in [0.5, 0.6) is 0 Å². The molecule has 0 saturated heterocycles. The molecule has 0 heterocycles. The predicted octanol–water partition coefficient (Wildman–Crippen LogP) is 2.85. The van der Waals surface area contributed by atoms with Crippen molar-refractivity contribution in [2.45, 2.75) is 19.8 Å². The van der Waals surface area contributed by atoms with Gasteiger partial charge in [-0.2, -0.15) is 0 Å². The Hall–Kier alpha value is -0.314. The molecule has 0 saturated carbocycles. The fourth-order valence-electron chi connectivity index (χ4n) is 0.786. The van der Waals surface area contributed by atoms with Gasteiger partial charge >= 0.3 is 23.1 Å². The maximum Gasteiger partial charge on any atom is 2.00 e. The van der Waals surface area contributed by atoms with Crippen molar-refractivity contribution in [3.63, 3.8) is 0 Å². The van der Waals surface area contributed by atoms with E-state index in [1.54, 1.807) is 6.92 Å². The second kappa shape index (κ2) is 15.2. The van der Waals surface area contributed by atoms with Crippen molar-refractivity contribution in [1.29, 1.82) is 0 Å². The van der Waals surface area contributed by atoms with Crippen LogP contribution in [0.25, 0.3) is 0 Å². The first-order chi connectivity index (χ1) is 6.41. The van der Waals surface area contributed by atoms with Crippen molar-refractivity contribution >= 4 is 23.1 Å². The van der Waals surface area contributed by atoms with Crippen molar-refractivity contribution in [3.05, 3.63) is 48.6 Å². The van der Waals surface area contributed by atoms with E-state index >= 15 is 0 Å². The number of rotatable bonds is 0. The van der Waals surface area contributed by atoms with Crippen LogP contribution in [-0.2, 0) is 0 Å². The first-order valence-electron chi connectivity index (χ1n) is 4.66. The Balaban J connectivity index is -0.0000000638. The molecule has 0 bridgehead atoms. The third kappa shape index (κ3) is 14.2. The molecule has 2 rings (SSSR count). The first kappa shape index (κ1) is 16.1. The third-order valence-corrected chi connectivity index (χ3v) is 1.31. The van der Waals surface area contributed by atoms with Gasteiger partial charge in [-0.05, 0) is 19.8 Å². The second-order valence-corrected chi connectivity index (χ2v) is 2.50. The van der Waals surface area contributed by atoms with Gasteiger partial charge < -0.3 is 7.96 Å². The molecule has 2 aliphatic rings. The summed E-state index contributed by atoms with van der Waals surface area (Å²) < 4.78 is 0. The Labute approximate surface area is 106 Å². The fourth-order valence-corrected chi connectivity index (χ4v) is 0.786. The van der Waals surface area contributed by atoms with Crippen LogP contribution in [0.1, 0.15) is 22.6 Å². The summed E-state index contributed by atoms with van der Waals surface area (Å²) in [6.45, 7) is 1.93. The summed E-state index contributed by atoms with van der Waals surface area (Å²) in [6, 6.07) is 0. The largest absolute Gasteiger partial charge is 2.00 e. The summed E-state index contributed by atoms with van der Waals surface area (Å²) in [6.07, 6.45) is 19.0. The molecule has 0 atom stereocenters.